The molecule has 29 heteroatoms. The number of aromatic hydroxyl groups is 1. The van der Waals surface area contributed by atoms with Crippen LogP contribution in [0.25, 0.3) is 21.6 Å². The molecule has 27 nitrogen and oxygen atoms in total. The molecule has 7 rings (SSSR count). The van der Waals surface area contributed by atoms with Crippen LogP contribution < -0.4 is 36.5 Å². The van der Waals surface area contributed by atoms with E-state index >= 15 is 0 Å². The van der Waals surface area contributed by atoms with Crippen LogP contribution in [0.5, 0.6) is 11.5 Å². The average Bonchev–Trinajstić information content (AvgIpc) is 2.14. The zero-order valence-corrected chi connectivity index (χ0v) is 48.4. The molecule has 3 saturated heterocycles. The number of nitrogens with zero attached hydrogens (tertiary/aromatic N) is 3. The Labute approximate surface area is 497 Å². The molecule has 13 atom stereocenters. The summed E-state index contributed by atoms with van der Waals surface area (Å²) in [6.07, 6.45) is -6.00. The molecule has 4 heterocycles. The van der Waals surface area contributed by atoms with Gasteiger partial charge in [0, 0.05) is 56.6 Å². The first-order valence-electron chi connectivity index (χ1n) is 27.8. The summed E-state index contributed by atoms with van der Waals surface area (Å²) in [6.45, 7) is 3.07. The Morgan fingerprint density at radius 3 is 2.14 bits per heavy atom. The molecular formula is C56H73N9O18S2. The van der Waals surface area contributed by atoms with Crippen molar-refractivity contribution in [3.63, 3.8) is 0 Å². The number of phenols is 1. The highest BCUT2D eigenvalue weighted by molar-refractivity contribution is 7.90. The van der Waals surface area contributed by atoms with Crippen molar-refractivity contribution >= 4 is 65.0 Å². The van der Waals surface area contributed by atoms with Gasteiger partial charge in [0.2, 0.25) is 35.4 Å². The first-order chi connectivity index (χ1) is 40.6. The molecule has 0 aliphatic carbocycles. The van der Waals surface area contributed by atoms with Gasteiger partial charge in [0.05, 0.1) is 46.5 Å². The number of fused-ring (bicyclic) bond motifs is 2. The number of aliphatic hydroxyl groups is 6. The summed E-state index contributed by atoms with van der Waals surface area (Å²) in [6, 6.07) is 6.79. The van der Waals surface area contributed by atoms with E-state index in [1.165, 1.54) is 31.2 Å². The molecule has 3 fully saturated rings. The van der Waals surface area contributed by atoms with Crippen molar-refractivity contribution in [2.45, 2.75) is 145 Å². The van der Waals surface area contributed by atoms with Gasteiger partial charge >= 0.3 is 0 Å². The lowest BCUT2D eigenvalue weighted by Gasteiger charge is -2.34. The summed E-state index contributed by atoms with van der Waals surface area (Å²) in [5.74, 6) is -9.19. The second-order valence-electron chi connectivity index (χ2n) is 21.4. The summed E-state index contributed by atoms with van der Waals surface area (Å²) in [4.78, 5) is 108. The van der Waals surface area contributed by atoms with E-state index in [1.807, 2.05) is 30.5 Å². The number of thiazole rings is 1. The van der Waals surface area contributed by atoms with E-state index in [4.69, 9.17) is 15.2 Å². The van der Waals surface area contributed by atoms with Gasteiger partial charge in [-0.15, -0.1) is 11.3 Å². The van der Waals surface area contributed by atoms with Crippen LogP contribution in [0.15, 0.2) is 72.9 Å². The van der Waals surface area contributed by atoms with Crippen LogP contribution in [0, 0.1) is 5.92 Å². The zero-order valence-electron chi connectivity index (χ0n) is 46.8. The van der Waals surface area contributed by atoms with Crippen LogP contribution >= 0.6 is 23.7 Å². The SMILES string of the molecule is CCCCCc1ncc(-c2ccc(-c3ccc(C(=O)N[C@H]4C[C@H](O)CNC(=O)[C@@H]5[C@@H](O)[C@H](C)CN5C(=O)[C@H]([C@H](O)CCN)NC(=O)[C@H]([C@H](O)Cc5ccc(O)c(OSOOO)c5)NC(=O)[C@@H]5C[C@H](O)CN5C(=O)[C@H]([C@H](C)O)NC4=O)cc3)cc2)s1. The molecule has 1 aromatic heterocycles. The number of carbonyl (C=O) groups excluding carboxylic acids is 7. The number of β-amino-alcohol motifs (C(OH)–C–C–N with tert-alkyl or cyclic N) is 1. The minimum atomic E-state index is -2.10. The highest BCUT2D eigenvalue weighted by atomic mass is 32.2. The van der Waals surface area contributed by atoms with Gasteiger partial charge in [0.25, 0.3) is 18.2 Å². The fourth-order valence-corrected chi connectivity index (χ4v) is 11.6. The van der Waals surface area contributed by atoms with Gasteiger partial charge in [-0.3, -0.25) is 33.6 Å². The van der Waals surface area contributed by atoms with Crippen molar-refractivity contribution in [2.75, 3.05) is 26.2 Å². The van der Waals surface area contributed by atoms with Crippen molar-refractivity contribution < 1.29 is 88.1 Å². The van der Waals surface area contributed by atoms with Gasteiger partial charge < -0.3 is 82.0 Å². The molecule has 85 heavy (non-hydrogen) atoms. The molecule has 15 N–H and O–H groups in total. The number of carbonyl (C=O) groups is 7. The molecule has 462 valence electrons. The Kier molecular flexibility index (Phi) is 23.5. The predicted octanol–water partition coefficient (Wildman–Crippen LogP) is -0.424. The predicted molar refractivity (Wildman–Crippen MR) is 306 cm³/mol. The highest BCUT2D eigenvalue weighted by Gasteiger charge is 2.50. The van der Waals surface area contributed by atoms with Gasteiger partial charge in [0.1, 0.15) is 36.3 Å². The van der Waals surface area contributed by atoms with Crippen molar-refractivity contribution in [2.24, 2.45) is 11.7 Å². The monoisotopic (exact) mass is 1220 g/mol. The summed E-state index contributed by atoms with van der Waals surface area (Å²) < 4.78 is 9.33. The van der Waals surface area contributed by atoms with E-state index in [9.17, 15) is 69.3 Å². The number of amides is 7. The third-order valence-corrected chi connectivity index (χ3v) is 16.5. The molecule has 3 aromatic carbocycles. The molecule has 0 unspecified atom stereocenters. The number of aryl methyl sites for hydroxylation is 1. The number of aliphatic hydroxyl groups excluding tert-OH is 6. The molecule has 0 saturated carbocycles. The lowest BCUT2D eigenvalue weighted by atomic mass is 9.98. The molecule has 0 radical (unpaired) electrons. The number of hydrogen-bond acceptors (Lipinski definition) is 22. The smallest absolute Gasteiger partial charge is 0.261 e. The van der Waals surface area contributed by atoms with Crippen molar-refractivity contribution in [3.8, 4) is 33.1 Å². The van der Waals surface area contributed by atoms with E-state index in [0.717, 1.165) is 75.0 Å². The van der Waals surface area contributed by atoms with Crippen LogP contribution in [0.4, 0.5) is 0 Å². The van der Waals surface area contributed by atoms with E-state index in [2.05, 4.69) is 47.9 Å². The van der Waals surface area contributed by atoms with E-state index < -0.39 is 158 Å². The van der Waals surface area contributed by atoms with E-state index in [0.29, 0.717) is 0 Å². The molecule has 0 bridgehead atoms. The van der Waals surface area contributed by atoms with Crippen LogP contribution in [-0.4, -0.2) is 196 Å². The number of phenolic OH excluding ortho intramolecular Hbond substituents is 1. The lowest BCUT2D eigenvalue weighted by Crippen LogP contribution is -2.64. The maximum atomic E-state index is 14.7. The maximum Gasteiger partial charge on any atom is 0.261 e. The number of benzene rings is 3. The highest BCUT2D eigenvalue weighted by Crippen LogP contribution is 2.33. The van der Waals surface area contributed by atoms with Crippen molar-refractivity contribution in [1.29, 1.82) is 0 Å². The van der Waals surface area contributed by atoms with Crippen molar-refractivity contribution in [1.82, 2.24) is 41.4 Å². The number of nitrogens with one attached hydrogen (secondary N) is 5. The van der Waals surface area contributed by atoms with Gasteiger partial charge in [-0.2, -0.15) is 0 Å². The summed E-state index contributed by atoms with van der Waals surface area (Å²) in [7, 11) is 0. The molecule has 3 aliphatic heterocycles. The van der Waals surface area contributed by atoms with Gasteiger partial charge in [0.15, 0.2) is 11.5 Å². The summed E-state index contributed by atoms with van der Waals surface area (Å²) in [5.41, 5.74) is 8.58. The van der Waals surface area contributed by atoms with E-state index in [-0.39, 0.29) is 48.7 Å². The van der Waals surface area contributed by atoms with Gasteiger partial charge in [-0.05, 0) is 79.3 Å². The molecule has 3 aliphatic rings. The minimum Gasteiger partial charge on any atom is -0.504 e. The molecule has 7 amide bonds. The lowest BCUT2D eigenvalue weighted by molar-refractivity contribution is -0.433. The first kappa shape index (κ1) is 65.7. The number of rotatable bonds is 19. The normalized spacial score (nSPS) is 25.8. The Morgan fingerprint density at radius 1 is 0.812 bits per heavy atom. The quantitative estimate of drug-likeness (QED) is 0.0245. The number of aromatic nitrogens is 1. The molecule has 4 aromatic rings. The molecule has 0 spiro atoms. The number of hydrogen-bond donors (Lipinski definition) is 14. The zero-order chi connectivity index (χ0) is 61.6. The van der Waals surface area contributed by atoms with E-state index in [1.54, 1.807) is 23.5 Å². The van der Waals surface area contributed by atoms with Crippen LogP contribution in [-0.2, 0) is 51.0 Å². The van der Waals surface area contributed by atoms with Crippen LogP contribution in [0.3, 0.4) is 0 Å². The largest absolute Gasteiger partial charge is 0.504 e. The molecular weight excluding hydrogens is 1150 g/mol. The minimum absolute atomic E-state index is 0.0721. The Morgan fingerprint density at radius 2 is 1.47 bits per heavy atom. The maximum absolute atomic E-state index is 14.7. The van der Waals surface area contributed by atoms with Crippen LogP contribution in [0.1, 0.15) is 80.2 Å². The fourth-order valence-electron chi connectivity index (χ4n) is 10.4. The van der Waals surface area contributed by atoms with Crippen molar-refractivity contribution in [3.05, 3.63) is 89.1 Å². The topological polar surface area (TPSA) is 415 Å². The third-order valence-electron chi connectivity index (χ3n) is 15.1. The average molecular weight is 1220 g/mol. The summed E-state index contributed by atoms with van der Waals surface area (Å²) in [5, 5.41) is 104. The Hall–Kier alpha value is -6.87. The first-order valence-corrected chi connectivity index (χ1v) is 29.3. The fraction of sp³-hybridized carbons (Fsp3) is 0.500. The van der Waals surface area contributed by atoms with Gasteiger partial charge in [-0.1, -0.05) is 78.5 Å². The standard InChI is InChI=1S/C56H73N9O18S2/c1-4-5-6-7-44-58-25-43(84-44)33-13-9-31(10-14-33)32-11-15-34(16-12-32)50(73)60-37-22-35(67)24-59-54(77)48-49(72)28(2)26-65(48)56(79)47(40(70)18-19-57)63-53(76)46(41(71)20-30-8-17-39(69)42(21-30)81-85-83-82-80)62-52(75)38-23-36(68)27-64(38)55(78)45(29(3)66)61-51(37)74/h8-17,21,25,28-29,35-38,40-41,45-49,66-72,80H,4-7,18-20,22-24,26-27,57H2,1-3H3,(H,59,77)(H,60,73)(H,61,74)(H,62,75)(H,63,76)/t28-,29+,35+,36+,37+,38+,40-,41-,45+,46+,47+,48+,49+/m1/s1. The van der Waals surface area contributed by atoms with Crippen LogP contribution in [0.2, 0.25) is 0 Å². The Balaban J connectivity index is 1.19. The summed E-state index contributed by atoms with van der Waals surface area (Å²) >= 11 is 1.73. The number of unbranched alkanes of at least 4 members (excludes halogenated alkanes) is 2. The second-order valence-corrected chi connectivity index (χ2v) is 23.0. The third kappa shape index (κ3) is 16.8. The second kappa shape index (κ2) is 30.5. The number of nitrogens with two attached hydrogens (primary N) is 1. The Bertz CT molecular complexity index is 2960. The van der Waals surface area contributed by atoms with Gasteiger partial charge in [-0.25, -0.2) is 10.2 Å².